The minimum Gasteiger partial charge on any atom is -0.350 e. The molecule has 0 aliphatic carbocycles. The van der Waals surface area contributed by atoms with E-state index in [-0.39, 0.29) is 5.91 Å². The molecule has 0 atom stereocenters. The molecule has 0 fully saturated rings. The first kappa shape index (κ1) is 16.7. The fourth-order valence-corrected chi connectivity index (χ4v) is 5.48. The van der Waals surface area contributed by atoms with Crippen molar-refractivity contribution in [1.29, 1.82) is 0 Å². The predicted molar refractivity (Wildman–Crippen MR) is 103 cm³/mol. The number of nitrogens with zero attached hydrogens (tertiary/aromatic N) is 1. The Balaban J connectivity index is 1.48. The van der Waals surface area contributed by atoms with Gasteiger partial charge in [-0.25, -0.2) is 4.98 Å². The number of hydrogen-bond donors (Lipinski definition) is 1. The molecular weight excluding hydrogens is 364 g/mol. The second-order valence-corrected chi connectivity index (χ2v) is 8.88. The van der Waals surface area contributed by atoms with E-state index in [2.05, 4.69) is 27.8 Å². The van der Waals surface area contributed by atoms with E-state index < -0.39 is 0 Å². The van der Waals surface area contributed by atoms with Gasteiger partial charge in [0.25, 0.3) is 5.91 Å². The Kier molecular flexibility index (Phi) is 5.88. The molecule has 0 bridgehead atoms. The van der Waals surface area contributed by atoms with E-state index >= 15 is 0 Å². The highest BCUT2D eigenvalue weighted by molar-refractivity contribution is 7.98. The number of aromatic nitrogens is 1. The number of hydrogen-bond acceptors (Lipinski definition) is 6. The van der Waals surface area contributed by atoms with E-state index in [0.29, 0.717) is 6.54 Å². The zero-order chi connectivity index (χ0) is 16.1. The summed E-state index contributed by atoms with van der Waals surface area (Å²) in [5.41, 5.74) is 0.808. The van der Waals surface area contributed by atoms with Crippen molar-refractivity contribution in [2.75, 3.05) is 12.3 Å². The Bertz CT molecular complexity index is 747. The van der Waals surface area contributed by atoms with Crippen LogP contribution in [-0.2, 0) is 5.75 Å². The largest absolute Gasteiger partial charge is 0.350 e. The van der Waals surface area contributed by atoms with E-state index in [1.807, 2.05) is 36.2 Å². The fraction of sp³-hybridized carbons (Fsp3) is 0.250. The standard InChI is InChI=1S/C16H16N2OS4/c1-11-14(23-16(18-11)13-5-3-8-22-13)15(19)17-6-9-20-10-12-4-2-7-21-12/h2-5,7-8H,6,9-10H2,1H3,(H,17,19). The van der Waals surface area contributed by atoms with Gasteiger partial charge in [-0.15, -0.1) is 34.0 Å². The number of thiazole rings is 1. The summed E-state index contributed by atoms with van der Waals surface area (Å²) >= 11 is 6.73. The molecule has 0 radical (unpaired) electrons. The molecule has 0 saturated heterocycles. The summed E-state index contributed by atoms with van der Waals surface area (Å²) in [5, 5.41) is 8.04. The van der Waals surface area contributed by atoms with Crippen molar-refractivity contribution in [3.05, 3.63) is 50.5 Å². The maximum Gasteiger partial charge on any atom is 0.263 e. The molecule has 23 heavy (non-hydrogen) atoms. The number of amides is 1. The van der Waals surface area contributed by atoms with Crippen LogP contribution in [-0.4, -0.2) is 23.2 Å². The number of aryl methyl sites for hydroxylation is 1. The lowest BCUT2D eigenvalue weighted by atomic mass is 10.3. The molecule has 1 N–H and O–H groups in total. The van der Waals surface area contributed by atoms with Crippen molar-refractivity contribution in [1.82, 2.24) is 10.3 Å². The molecule has 0 unspecified atom stereocenters. The van der Waals surface area contributed by atoms with Gasteiger partial charge < -0.3 is 5.32 Å². The van der Waals surface area contributed by atoms with Crippen LogP contribution in [0.25, 0.3) is 9.88 Å². The molecule has 7 heteroatoms. The van der Waals surface area contributed by atoms with Crippen LogP contribution in [0, 0.1) is 6.92 Å². The molecular formula is C16H16N2OS4. The molecule has 3 aromatic rings. The van der Waals surface area contributed by atoms with Crippen LogP contribution in [0.15, 0.2) is 35.0 Å². The van der Waals surface area contributed by atoms with Gasteiger partial charge in [-0.05, 0) is 29.8 Å². The smallest absolute Gasteiger partial charge is 0.263 e. The molecule has 0 aromatic carbocycles. The van der Waals surface area contributed by atoms with E-state index in [1.54, 1.807) is 22.7 Å². The average molecular weight is 381 g/mol. The normalized spacial score (nSPS) is 10.8. The molecule has 3 rings (SSSR count). The van der Waals surface area contributed by atoms with Crippen LogP contribution in [0.5, 0.6) is 0 Å². The summed E-state index contributed by atoms with van der Waals surface area (Å²) in [4.78, 5) is 20.0. The van der Waals surface area contributed by atoms with E-state index in [0.717, 1.165) is 32.0 Å². The number of nitrogens with one attached hydrogen (secondary N) is 1. The van der Waals surface area contributed by atoms with Gasteiger partial charge in [0.1, 0.15) is 9.88 Å². The highest BCUT2D eigenvalue weighted by Gasteiger charge is 2.16. The summed E-state index contributed by atoms with van der Waals surface area (Å²) in [6.45, 7) is 2.58. The van der Waals surface area contributed by atoms with Crippen LogP contribution < -0.4 is 5.32 Å². The van der Waals surface area contributed by atoms with Gasteiger partial charge in [0, 0.05) is 22.9 Å². The summed E-state index contributed by atoms with van der Waals surface area (Å²) in [6.07, 6.45) is 0. The minimum atomic E-state index is -0.0143. The third-order valence-corrected chi connectivity index (χ3v) is 7.35. The topological polar surface area (TPSA) is 42.0 Å². The number of thiophene rings is 2. The Labute approximate surface area is 151 Å². The Morgan fingerprint density at radius 2 is 2.09 bits per heavy atom. The van der Waals surface area contributed by atoms with Crippen LogP contribution >= 0.6 is 45.8 Å². The molecule has 3 nitrogen and oxygen atoms in total. The highest BCUT2D eigenvalue weighted by atomic mass is 32.2. The first-order valence-corrected chi connectivity index (χ1v) is 10.9. The lowest BCUT2D eigenvalue weighted by Gasteiger charge is -2.03. The van der Waals surface area contributed by atoms with Crippen LogP contribution in [0.1, 0.15) is 20.2 Å². The Hall–Kier alpha value is -1.15. The van der Waals surface area contributed by atoms with E-state index in [9.17, 15) is 4.79 Å². The molecule has 0 aliphatic heterocycles. The van der Waals surface area contributed by atoms with Crippen molar-refractivity contribution in [2.45, 2.75) is 12.7 Å². The van der Waals surface area contributed by atoms with Gasteiger partial charge in [0.15, 0.2) is 0 Å². The zero-order valence-electron chi connectivity index (χ0n) is 12.6. The van der Waals surface area contributed by atoms with Gasteiger partial charge in [-0.1, -0.05) is 12.1 Å². The summed E-state index contributed by atoms with van der Waals surface area (Å²) in [5.74, 6) is 1.91. The first-order valence-electron chi connectivity index (χ1n) is 7.13. The van der Waals surface area contributed by atoms with Crippen molar-refractivity contribution >= 4 is 51.7 Å². The molecule has 0 saturated carbocycles. The average Bonchev–Trinajstić information content (AvgIpc) is 3.28. The minimum absolute atomic E-state index is 0.0143. The van der Waals surface area contributed by atoms with Gasteiger partial charge in [-0.3, -0.25) is 4.79 Å². The lowest BCUT2D eigenvalue weighted by molar-refractivity contribution is 0.0959. The predicted octanol–water partition coefficient (Wildman–Crippen LogP) is 4.90. The van der Waals surface area contributed by atoms with Crippen molar-refractivity contribution < 1.29 is 4.79 Å². The maximum atomic E-state index is 12.3. The summed E-state index contributed by atoms with van der Waals surface area (Å²) in [7, 11) is 0. The third kappa shape index (κ3) is 4.44. The maximum absolute atomic E-state index is 12.3. The Morgan fingerprint density at radius 3 is 2.83 bits per heavy atom. The van der Waals surface area contributed by atoms with Crippen molar-refractivity contribution in [2.24, 2.45) is 0 Å². The zero-order valence-corrected chi connectivity index (χ0v) is 15.8. The fourth-order valence-electron chi connectivity index (χ4n) is 2.00. The monoisotopic (exact) mass is 380 g/mol. The summed E-state index contributed by atoms with van der Waals surface area (Å²) < 4.78 is 0. The van der Waals surface area contributed by atoms with E-state index in [1.165, 1.54) is 16.2 Å². The van der Waals surface area contributed by atoms with Gasteiger partial charge in [-0.2, -0.15) is 11.8 Å². The van der Waals surface area contributed by atoms with Crippen molar-refractivity contribution in [3.8, 4) is 9.88 Å². The lowest BCUT2D eigenvalue weighted by Crippen LogP contribution is -2.25. The van der Waals surface area contributed by atoms with Gasteiger partial charge in [0.05, 0.1) is 10.6 Å². The molecule has 0 spiro atoms. The van der Waals surface area contributed by atoms with Crippen LogP contribution in [0.4, 0.5) is 0 Å². The highest BCUT2D eigenvalue weighted by Crippen LogP contribution is 2.30. The number of rotatable bonds is 7. The second kappa shape index (κ2) is 8.10. The molecule has 0 aliphatic rings. The molecule has 1 amide bonds. The number of carbonyl (C=O) groups is 1. The van der Waals surface area contributed by atoms with Crippen LogP contribution in [0.3, 0.4) is 0 Å². The van der Waals surface area contributed by atoms with Gasteiger partial charge in [0.2, 0.25) is 0 Å². The SMILES string of the molecule is Cc1nc(-c2cccs2)sc1C(=O)NCCSCc1cccs1. The van der Waals surface area contributed by atoms with Gasteiger partial charge >= 0.3 is 0 Å². The third-order valence-electron chi connectivity index (χ3n) is 3.09. The summed E-state index contributed by atoms with van der Waals surface area (Å²) in [6, 6.07) is 8.25. The Morgan fingerprint density at radius 1 is 1.26 bits per heavy atom. The number of carbonyl (C=O) groups excluding carboxylic acids is 1. The quantitative estimate of drug-likeness (QED) is 0.593. The van der Waals surface area contributed by atoms with Crippen molar-refractivity contribution in [3.63, 3.8) is 0 Å². The van der Waals surface area contributed by atoms with E-state index in [4.69, 9.17) is 0 Å². The number of thioether (sulfide) groups is 1. The molecule has 120 valence electrons. The second-order valence-electron chi connectivity index (χ2n) is 4.80. The first-order chi connectivity index (χ1) is 11.2. The van der Waals surface area contributed by atoms with Crippen LogP contribution in [0.2, 0.25) is 0 Å². The molecule has 3 heterocycles. The molecule has 3 aromatic heterocycles.